The number of nitrogens with one attached hydrogen (secondary N) is 1. The summed E-state index contributed by atoms with van der Waals surface area (Å²) < 4.78 is 11.9. The van der Waals surface area contributed by atoms with Gasteiger partial charge in [0.1, 0.15) is 17.0 Å². The first-order valence-electron chi connectivity index (χ1n) is 15.4. The number of alkyl carbamates (subject to hydrolysis) is 1. The van der Waals surface area contributed by atoms with Crippen LogP contribution in [-0.4, -0.2) is 75.1 Å². The molecule has 0 spiro atoms. The molecule has 4 aliphatic rings. The van der Waals surface area contributed by atoms with Gasteiger partial charge < -0.3 is 24.7 Å². The molecule has 232 valence electrons. The molecule has 0 radical (unpaired) electrons. The van der Waals surface area contributed by atoms with E-state index in [9.17, 15) is 14.4 Å². The molecular weight excluding hydrogens is 576 g/mol. The van der Waals surface area contributed by atoms with Crippen molar-refractivity contribution < 1.29 is 23.9 Å². The molecule has 2 amide bonds. The minimum Gasteiger partial charge on any atom is -0.450 e. The van der Waals surface area contributed by atoms with E-state index in [0.717, 1.165) is 62.1 Å². The summed E-state index contributed by atoms with van der Waals surface area (Å²) in [6, 6.07) is 18.4. The molecule has 2 aromatic rings. The Morgan fingerprint density at radius 1 is 0.977 bits per heavy atom. The van der Waals surface area contributed by atoms with Crippen LogP contribution in [0.3, 0.4) is 0 Å². The maximum Gasteiger partial charge on any atom is 0.408 e. The summed E-state index contributed by atoms with van der Waals surface area (Å²) in [5, 5.41) is 8.71. The minimum absolute atomic E-state index is 0.354. The van der Waals surface area contributed by atoms with Crippen LogP contribution >= 0.6 is 11.8 Å². The van der Waals surface area contributed by atoms with Crippen LogP contribution in [0.15, 0.2) is 83.9 Å². The van der Waals surface area contributed by atoms with Gasteiger partial charge >= 0.3 is 12.1 Å². The number of hydrogen-bond donors (Lipinski definition) is 1. The normalized spacial score (nSPS) is 26.1. The third-order valence-corrected chi connectivity index (χ3v) is 9.41. The van der Waals surface area contributed by atoms with Crippen molar-refractivity contribution in [1.29, 1.82) is 0 Å². The minimum atomic E-state index is -1.49. The molecule has 0 aromatic heterocycles. The molecule has 44 heavy (non-hydrogen) atoms. The van der Waals surface area contributed by atoms with E-state index < -0.39 is 40.7 Å². The predicted molar refractivity (Wildman–Crippen MR) is 169 cm³/mol. The Balaban J connectivity index is 1.37. The molecule has 4 aliphatic heterocycles. The van der Waals surface area contributed by atoms with Crippen molar-refractivity contribution in [3.8, 4) is 0 Å². The van der Waals surface area contributed by atoms with E-state index in [2.05, 4.69) is 15.3 Å². The standard InChI is InChI=1S/C34H40N4O5S/c1-33(2,3)43-32(41)35-27-29(39)38-30(27)44-22-18-34(38,23-26-17-12-21-37(26)36-19-10-11-20-36)31(40)42-28(24-13-6-4-7-14-24)25-15-8-5-9-16-25/h4-9,13-16,18,22-23,27-28,30H,10-12,17,19-21H2,1-3H3,(H,35,41). The number of β-lactam (4-membered cyclic amide) rings is 1. The summed E-state index contributed by atoms with van der Waals surface area (Å²) in [5.41, 5.74) is 0.475. The monoisotopic (exact) mass is 616 g/mol. The summed E-state index contributed by atoms with van der Waals surface area (Å²) in [6.07, 6.45) is 6.38. The van der Waals surface area contributed by atoms with Crippen molar-refractivity contribution in [2.24, 2.45) is 0 Å². The second kappa shape index (κ2) is 12.3. The van der Waals surface area contributed by atoms with Crippen molar-refractivity contribution in [2.75, 3.05) is 19.6 Å². The van der Waals surface area contributed by atoms with Gasteiger partial charge in [-0.25, -0.2) is 14.6 Å². The fourth-order valence-electron chi connectivity index (χ4n) is 6.34. The molecule has 3 saturated heterocycles. The molecule has 10 heteroatoms. The van der Waals surface area contributed by atoms with E-state index in [1.807, 2.05) is 72.1 Å². The summed E-state index contributed by atoms with van der Waals surface area (Å²) in [6.45, 7) is 8.13. The van der Waals surface area contributed by atoms with Gasteiger partial charge in [-0.3, -0.25) is 4.79 Å². The van der Waals surface area contributed by atoms with Gasteiger partial charge in [0.05, 0.1) is 0 Å². The lowest BCUT2D eigenvalue weighted by Gasteiger charge is -2.55. The molecule has 3 fully saturated rings. The third-order valence-electron chi connectivity index (χ3n) is 8.36. The highest BCUT2D eigenvalue weighted by molar-refractivity contribution is 8.02. The van der Waals surface area contributed by atoms with E-state index in [-0.39, 0.29) is 5.91 Å². The Labute approximate surface area is 263 Å². The maximum absolute atomic E-state index is 14.7. The van der Waals surface area contributed by atoms with Crippen LogP contribution in [0.4, 0.5) is 4.79 Å². The van der Waals surface area contributed by atoms with E-state index in [1.165, 1.54) is 11.8 Å². The Morgan fingerprint density at radius 3 is 2.23 bits per heavy atom. The first kappa shape index (κ1) is 30.3. The maximum atomic E-state index is 14.7. The largest absolute Gasteiger partial charge is 0.450 e. The zero-order valence-electron chi connectivity index (χ0n) is 25.5. The number of carbonyl (C=O) groups excluding carboxylic acids is 3. The summed E-state index contributed by atoms with van der Waals surface area (Å²) in [7, 11) is 0. The van der Waals surface area contributed by atoms with Gasteiger partial charge in [-0.1, -0.05) is 60.7 Å². The molecule has 6 rings (SSSR count). The number of thioether (sulfide) groups is 1. The third kappa shape index (κ3) is 5.97. The second-order valence-electron chi connectivity index (χ2n) is 12.6. The number of benzene rings is 2. The molecule has 0 bridgehead atoms. The van der Waals surface area contributed by atoms with Gasteiger partial charge in [0.2, 0.25) is 0 Å². The van der Waals surface area contributed by atoms with E-state index in [0.29, 0.717) is 0 Å². The highest BCUT2D eigenvalue weighted by Crippen LogP contribution is 2.46. The van der Waals surface area contributed by atoms with E-state index in [1.54, 1.807) is 31.7 Å². The van der Waals surface area contributed by atoms with Crippen LogP contribution in [-0.2, 0) is 19.1 Å². The molecule has 0 saturated carbocycles. The summed E-state index contributed by atoms with van der Waals surface area (Å²) >= 11 is 1.39. The fourth-order valence-corrected chi connectivity index (χ4v) is 7.53. The molecule has 9 nitrogen and oxygen atoms in total. The van der Waals surface area contributed by atoms with Gasteiger partial charge in [-0.05, 0) is 75.1 Å². The van der Waals surface area contributed by atoms with Crippen LogP contribution in [0.1, 0.15) is 63.7 Å². The van der Waals surface area contributed by atoms with Crippen LogP contribution in [0.5, 0.6) is 0 Å². The van der Waals surface area contributed by atoms with Crippen molar-refractivity contribution in [2.45, 2.75) is 75.1 Å². The first-order chi connectivity index (χ1) is 21.2. The Kier molecular flexibility index (Phi) is 8.48. The van der Waals surface area contributed by atoms with Crippen molar-refractivity contribution in [3.63, 3.8) is 0 Å². The number of amides is 2. The lowest BCUT2D eigenvalue weighted by Crippen LogP contribution is -2.77. The van der Waals surface area contributed by atoms with Crippen LogP contribution in [0.2, 0.25) is 0 Å². The van der Waals surface area contributed by atoms with Gasteiger partial charge in [0.15, 0.2) is 11.6 Å². The van der Waals surface area contributed by atoms with Gasteiger partial charge in [0, 0.05) is 25.3 Å². The Morgan fingerprint density at radius 2 is 1.61 bits per heavy atom. The van der Waals surface area contributed by atoms with Crippen LogP contribution in [0, 0.1) is 0 Å². The smallest absolute Gasteiger partial charge is 0.408 e. The lowest BCUT2D eigenvalue weighted by atomic mass is 9.88. The molecular formula is C34H40N4O5S. The Hall–Kier alpha value is -3.76. The number of rotatable bonds is 7. The molecule has 3 unspecified atom stereocenters. The van der Waals surface area contributed by atoms with Crippen LogP contribution < -0.4 is 5.32 Å². The highest BCUT2D eigenvalue weighted by Gasteiger charge is 2.62. The fraction of sp³-hybridized carbons (Fsp3) is 0.441. The number of fused-ring (bicyclic) bond motifs is 1. The lowest BCUT2D eigenvalue weighted by molar-refractivity contribution is -0.170. The van der Waals surface area contributed by atoms with Crippen molar-refractivity contribution >= 4 is 29.7 Å². The number of allylic oxidation sites excluding steroid dienone is 1. The number of nitrogens with zero attached hydrogens (tertiary/aromatic N) is 3. The Bertz CT molecular complexity index is 1400. The quantitative estimate of drug-likeness (QED) is 0.328. The number of carbonyl (C=O) groups is 3. The SMILES string of the molecule is CC(C)(C)OC(=O)NC1C(=O)N2C1SC=CC2(C=C1CCCN1N1CCCC1)C(=O)OC(c1ccccc1)c1ccccc1. The highest BCUT2D eigenvalue weighted by atomic mass is 32.2. The predicted octanol–water partition coefficient (Wildman–Crippen LogP) is 5.37. The van der Waals surface area contributed by atoms with Crippen molar-refractivity contribution in [3.05, 3.63) is 95.0 Å². The average Bonchev–Trinajstić information content (AvgIpc) is 3.70. The van der Waals surface area contributed by atoms with Gasteiger partial charge in [-0.15, -0.1) is 11.8 Å². The van der Waals surface area contributed by atoms with Gasteiger partial charge in [-0.2, -0.15) is 0 Å². The first-order valence-corrected chi connectivity index (χ1v) is 16.3. The molecule has 1 N–H and O–H groups in total. The zero-order chi connectivity index (χ0) is 30.9. The number of hydrazine groups is 1. The molecule has 3 atom stereocenters. The number of esters is 1. The van der Waals surface area contributed by atoms with E-state index >= 15 is 0 Å². The number of hydrogen-bond acceptors (Lipinski definition) is 8. The summed E-state index contributed by atoms with van der Waals surface area (Å²) in [5.74, 6) is -0.894. The number of ether oxygens (including phenoxy) is 2. The molecule has 4 heterocycles. The van der Waals surface area contributed by atoms with Crippen molar-refractivity contribution in [1.82, 2.24) is 20.2 Å². The molecule has 2 aromatic carbocycles. The summed E-state index contributed by atoms with van der Waals surface area (Å²) in [4.78, 5) is 42.8. The molecule has 0 aliphatic carbocycles. The van der Waals surface area contributed by atoms with E-state index in [4.69, 9.17) is 9.47 Å². The van der Waals surface area contributed by atoms with Gasteiger partial charge in [0.25, 0.3) is 5.91 Å². The zero-order valence-corrected chi connectivity index (χ0v) is 26.3. The average molecular weight is 617 g/mol. The second-order valence-corrected chi connectivity index (χ2v) is 13.6. The van der Waals surface area contributed by atoms with Crippen LogP contribution in [0.25, 0.3) is 0 Å². The topological polar surface area (TPSA) is 91.4 Å².